The van der Waals surface area contributed by atoms with E-state index in [1.165, 1.54) is 6.92 Å². The van der Waals surface area contributed by atoms with E-state index in [4.69, 9.17) is 0 Å². The van der Waals surface area contributed by atoms with Gasteiger partial charge in [0.05, 0.1) is 17.8 Å². The van der Waals surface area contributed by atoms with E-state index in [0.29, 0.717) is 5.84 Å². The number of carbonyl (C=O) groups is 1. The first kappa shape index (κ1) is 12.8. The van der Waals surface area contributed by atoms with Crippen LogP contribution in [0.15, 0.2) is 35.3 Å². The van der Waals surface area contributed by atoms with Crippen molar-refractivity contribution in [2.45, 2.75) is 32.5 Å². The van der Waals surface area contributed by atoms with Crippen molar-refractivity contribution in [2.75, 3.05) is 0 Å². The molecule has 4 heteroatoms. The summed E-state index contributed by atoms with van der Waals surface area (Å²) < 4.78 is 0. The van der Waals surface area contributed by atoms with Crippen LogP contribution in [0.1, 0.15) is 32.4 Å². The van der Waals surface area contributed by atoms with Gasteiger partial charge in [-0.15, -0.1) is 0 Å². The zero-order chi connectivity index (χ0) is 13.3. The van der Waals surface area contributed by atoms with Gasteiger partial charge in [-0.05, 0) is 26.3 Å². The molecule has 0 radical (unpaired) electrons. The molecular formula is C14H18N2O2. The smallest absolute Gasteiger partial charge is 0.145 e. The van der Waals surface area contributed by atoms with Crippen LogP contribution in [0, 0.1) is 5.92 Å². The molecule has 0 bridgehead atoms. The number of aliphatic imine (C=N–C) groups is 1. The minimum absolute atomic E-state index is 0.0717. The number of nitrogens with one attached hydrogen (secondary N) is 1. The highest BCUT2D eigenvalue weighted by Gasteiger charge is 2.44. The van der Waals surface area contributed by atoms with Crippen molar-refractivity contribution in [3.05, 3.63) is 35.9 Å². The summed E-state index contributed by atoms with van der Waals surface area (Å²) in [4.78, 5) is 16.3. The quantitative estimate of drug-likeness (QED) is 0.834. The Kier molecular flexibility index (Phi) is 3.22. The van der Waals surface area contributed by atoms with Crippen LogP contribution in [0.4, 0.5) is 0 Å². The maximum atomic E-state index is 11.8. The highest BCUT2D eigenvalue weighted by atomic mass is 16.3. The highest BCUT2D eigenvalue weighted by molar-refractivity contribution is 5.87. The predicted molar refractivity (Wildman–Crippen MR) is 70.2 cm³/mol. The van der Waals surface area contributed by atoms with E-state index >= 15 is 0 Å². The zero-order valence-corrected chi connectivity index (χ0v) is 10.8. The first-order chi connectivity index (χ1) is 8.42. The fourth-order valence-electron chi connectivity index (χ4n) is 2.60. The highest BCUT2D eigenvalue weighted by Crippen LogP contribution is 2.36. The van der Waals surface area contributed by atoms with Crippen LogP contribution >= 0.6 is 0 Å². The van der Waals surface area contributed by atoms with E-state index in [1.54, 1.807) is 13.8 Å². The molecule has 0 saturated heterocycles. The number of carbonyl (C=O) groups excluding carboxylic acids is 1. The van der Waals surface area contributed by atoms with Crippen molar-refractivity contribution < 1.29 is 9.90 Å². The normalized spacial score (nSPS) is 31.4. The van der Waals surface area contributed by atoms with Crippen molar-refractivity contribution in [1.29, 1.82) is 0 Å². The van der Waals surface area contributed by atoms with Crippen LogP contribution in [0.25, 0.3) is 0 Å². The molecule has 0 fully saturated rings. The predicted octanol–water partition coefficient (Wildman–Crippen LogP) is 1.66. The molecule has 1 aromatic rings. The molecule has 1 heterocycles. The van der Waals surface area contributed by atoms with Crippen molar-refractivity contribution in [3.8, 4) is 0 Å². The molecular weight excluding hydrogens is 228 g/mol. The van der Waals surface area contributed by atoms with E-state index < -0.39 is 11.6 Å². The van der Waals surface area contributed by atoms with Gasteiger partial charge in [-0.2, -0.15) is 0 Å². The van der Waals surface area contributed by atoms with Crippen LogP contribution in [-0.4, -0.2) is 22.5 Å². The number of rotatable bonds is 2. The topological polar surface area (TPSA) is 61.7 Å². The molecule has 2 N–H and O–H groups in total. The van der Waals surface area contributed by atoms with Crippen LogP contribution in [0.5, 0.6) is 0 Å². The molecule has 0 aliphatic carbocycles. The lowest BCUT2D eigenvalue weighted by Gasteiger charge is -2.40. The molecule has 2 rings (SSSR count). The number of benzene rings is 1. The summed E-state index contributed by atoms with van der Waals surface area (Å²) in [6, 6.07) is 9.27. The second-order valence-electron chi connectivity index (χ2n) is 4.93. The van der Waals surface area contributed by atoms with Gasteiger partial charge in [0.2, 0.25) is 0 Å². The Morgan fingerprint density at radius 1 is 1.39 bits per heavy atom. The van der Waals surface area contributed by atoms with Gasteiger partial charge in [-0.25, -0.2) is 0 Å². The monoisotopic (exact) mass is 246 g/mol. The standard InChI is InChI=1S/C14H18N2O2/c1-9(17)12-13(11-7-5-4-6-8-11)15-10(2)16-14(12,3)18/h4-8,12-13,18H,1-3H3,(H,15,16). The first-order valence-electron chi connectivity index (χ1n) is 6.02. The lowest BCUT2D eigenvalue weighted by molar-refractivity contribution is -0.132. The second-order valence-corrected chi connectivity index (χ2v) is 4.93. The van der Waals surface area contributed by atoms with Crippen LogP contribution in [0.2, 0.25) is 0 Å². The number of amidine groups is 1. The zero-order valence-electron chi connectivity index (χ0n) is 10.8. The molecule has 18 heavy (non-hydrogen) atoms. The van der Waals surface area contributed by atoms with Crippen LogP contribution < -0.4 is 5.32 Å². The Morgan fingerprint density at radius 3 is 2.56 bits per heavy atom. The maximum Gasteiger partial charge on any atom is 0.145 e. The summed E-state index contributed by atoms with van der Waals surface area (Å²) in [6.45, 7) is 4.90. The van der Waals surface area contributed by atoms with E-state index in [0.717, 1.165) is 5.56 Å². The molecule has 0 aromatic heterocycles. The number of hydrogen-bond donors (Lipinski definition) is 2. The molecule has 4 nitrogen and oxygen atoms in total. The molecule has 3 atom stereocenters. The molecule has 1 aliphatic heterocycles. The average Bonchev–Trinajstić information content (AvgIpc) is 2.27. The summed E-state index contributed by atoms with van der Waals surface area (Å²) in [6.07, 6.45) is 0. The summed E-state index contributed by atoms with van der Waals surface area (Å²) in [5.41, 5.74) is -0.322. The molecule has 96 valence electrons. The minimum Gasteiger partial charge on any atom is -0.370 e. The molecule has 0 spiro atoms. The van der Waals surface area contributed by atoms with E-state index in [2.05, 4.69) is 10.3 Å². The molecule has 1 aromatic carbocycles. The first-order valence-corrected chi connectivity index (χ1v) is 6.02. The fraction of sp³-hybridized carbons (Fsp3) is 0.429. The van der Waals surface area contributed by atoms with Crippen molar-refractivity contribution >= 4 is 11.6 Å². The largest absolute Gasteiger partial charge is 0.370 e. The van der Waals surface area contributed by atoms with Crippen molar-refractivity contribution in [2.24, 2.45) is 10.9 Å². The molecule has 0 saturated carbocycles. The number of aliphatic hydroxyl groups is 1. The van der Waals surface area contributed by atoms with Gasteiger partial charge in [0.15, 0.2) is 0 Å². The lowest BCUT2D eigenvalue weighted by atomic mass is 9.81. The third-order valence-corrected chi connectivity index (χ3v) is 3.27. The Hall–Kier alpha value is -1.68. The molecule has 0 amide bonds. The molecule has 3 unspecified atom stereocenters. The van der Waals surface area contributed by atoms with Crippen LogP contribution in [-0.2, 0) is 4.79 Å². The van der Waals surface area contributed by atoms with Gasteiger partial charge in [0.1, 0.15) is 11.5 Å². The van der Waals surface area contributed by atoms with Crippen molar-refractivity contribution in [1.82, 2.24) is 5.32 Å². The van der Waals surface area contributed by atoms with E-state index in [1.807, 2.05) is 30.3 Å². The second kappa shape index (κ2) is 4.53. The number of Topliss-reactive ketones (excluding diaryl/α,β-unsaturated/α-hetero) is 1. The summed E-state index contributed by atoms with van der Waals surface area (Å²) in [5, 5.41) is 13.3. The SMILES string of the molecule is CC(=O)C1C(c2ccccc2)N=C(C)NC1(C)O. The molecule has 1 aliphatic rings. The van der Waals surface area contributed by atoms with Gasteiger partial charge < -0.3 is 10.4 Å². The van der Waals surface area contributed by atoms with Crippen molar-refractivity contribution in [3.63, 3.8) is 0 Å². The van der Waals surface area contributed by atoms with Gasteiger partial charge in [0, 0.05) is 0 Å². The van der Waals surface area contributed by atoms with E-state index in [9.17, 15) is 9.90 Å². The lowest BCUT2D eigenvalue weighted by Crippen LogP contribution is -2.57. The summed E-state index contributed by atoms with van der Waals surface area (Å²) >= 11 is 0. The van der Waals surface area contributed by atoms with Crippen LogP contribution in [0.3, 0.4) is 0 Å². The maximum absolute atomic E-state index is 11.8. The summed E-state index contributed by atoms with van der Waals surface area (Å²) in [5.74, 6) is -0.00689. The number of nitrogens with zero attached hydrogens (tertiary/aromatic N) is 1. The third kappa shape index (κ3) is 2.29. The fourth-order valence-corrected chi connectivity index (χ4v) is 2.60. The van der Waals surface area contributed by atoms with E-state index in [-0.39, 0.29) is 11.8 Å². The van der Waals surface area contributed by atoms with Gasteiger partial charge in [-0.3, -0.25) is 9.79 Å². The Balaban J connectivity index is 2.48. The summed E-state index contributed by atoms with van der Waals surface area (Å²) in [7, 11) is 0. The average molecular weight is 246 g/mol. The van der Waals surface area contributed by atoms with Gasteiger partial charge in [0.25, 0.3) is 0 Å². The Labute approximate surface area is 107 Å². The Morgan fingerprint density at radius 2 is 2.00 bits per heavy atom. The number of ketones is 1. The minimum atomic E-state index is -1.27. The van der Waals surface area contributed by atoms with Gasteiger partial charge >= 0.3 is 0 Å². The van der Waals surface area contributed by atoms with Gasteiger partial charge in [-0.1, -0.05) is 30.3 Å². The third-order valence-electron chi connectivity index (χ3n) is 3.27. The number of hydrogen-bond acceptors (Lipinski definition) is 4. The Bertz CT molecular complexity index is 480.